The van der Waals surface area contributed by atoms with Crippen LogP contribution in [-0.4, -0.2) is 26.0 Å². The van der Waals surface area contributed by atoms with Gasteiger partial charge in [0, 0.05) is 45.1 Å². The van der Waals surface area contributed by atoms with Gasteiger partial charge in [0.1, 0.15) is 5.69 Å². The number of rotatable bonds is 4. The summed E-state index contributed by atoms with van der Waals surface area (Å²) in [5.41, 5.74) is 4.46. The third-order valence-corrected chi connectivity index (χ3v) is 6.13. The number of H-pyrrole nitrogens is 1. The van der Waals surface area contributed by atoms with Gasteiger partial charge >= 0.3 is 0 Å². The van der Waals surface area contributed by atoms with Crippen molar-refractivity contribution in [3.63, 3.8) is 0 Å². The first kappa shape index (κ1) is 20.1. The molecule has 1 amide bonds. The van der Waals surface area contributed by atoms with Crippen molar-refractivity contribution in [1.29, 1.82) is 0 Å². The Morgan fingerprint density at radius 2 is 1.77 bits per heavy atom. The zero-order valence-electron chi connectivity index (χ0n) is 16.0. The second-order valence-electron chi connectivity index (χ2n) is 7.23. The lowest BCUT2D eigenvalue weighted by Crippen LogP contribution is -2.29. The molecule has 154 valence electrons. The molecule has 2 aromatic heterocycles. The largest absolute Gasteiger partial charge is 0.322 e. The lowest BCUT2D eigenvalue weighted by molar-refractivity contribution is 0.0730. The molecule has 0 spiro atoms. The maximum absolute atomic E-state index is 13.4. The Labute approximate surface area is 193 Å². The van der Waals surface area contributed by atoms with Crippen LogP contribution in [-0.2, 0) is 6.54 Å². The van der Waals surface area contributed by atoms with Crippen LogP contribution in [0.1, 0.15) is 33.2 Å². The number of carbonyl (C=O) groups excluding carboxylic acids is 1. The molecular weight excluding hydrogens is 455 g/mol. The van der Waals surface area contributed by atoms with Crippen molar-refractivity contribution < 1.29 is 4.79 Å². The molecule has 1 aliphatic heterocycles. The topological polar surface area (TPSA) is 61.9 Å². The highest BCUT2D eigenvalue weighted by Crippen LogP contribution is 2.45. The highest BCUT2D eigenvalue weighted by Gasteiger charge is 2.43. The molecule has 0 bridgehead atoms. The van der Waals surface area contributed by atoms with Crippen molar-refractivity contribution in [3.05, 3.63) is 104 Å². The smallest absolute Gasteiger partial charge is 0.273 e. The van der Waals surface area contributed by atoms with E-state index in [1.54, 1.807) is 41.6 Å². The molecule has 0 fully saturated rings. The summed E-state index contributed by atoms with van der Waals surface area (Å²) >= 11 is 18.8. The number of pyridine rings is 1. The molecule has 3 heterocycles. The summed E-state index contributed by atoms with van der Waals surface area (Å²) in [4.78, 5) is 19.4. The molecule has 5 rings (SSSR count). The number of fused-ring (bicyclic) bond motifs is 1. The third-order valence-electron chi connectivity index (χ3n) is 5.31. The van der Waals surface area contributed by atoms with E-state index >= 15 is 0 Å². The van der Waals surface area contributed by atoms with Gasteiger partial charge in [0.2, 0.25) is 0 Å². The fraction of sp³-hybridized carbons (Fsp3) is 0.0870. The zero-order chi connectivity index (χ0) is 21.5. The maximum atomic E-state index is 13.4. The Hall–Kier alpha value is -2.86. The van der Waals surface area contributed by atoms with Gasteiger partial charge in [-0.3, -0.25) is 14.9 Å². The third kappa shape index (κ3) is 3.59. The van der Waals surface area contributed by atoms with E-state index in [0.717, 1.165) is 22.3 Å². The Kier molecular flexibility index (Phi) is 5.18. The molecule has 1 unspecified atom stereocenters. The van der Waals surface area contributed by atoms with Gasteiger partial charge in [-0.25, -0.2) is 0 Å². The molecule has 0 radical (unpaired) electrons. The van der Waals surface area contributed by atoms with Crippen LogP contribution in [0.4, 0.5) is 0 Å². The van der Waals surface area contributed by atoms with E-state index in [1.165, 1.54) is 0 Å². The van der Waals surface area contributed by atoms with E-state index in [9.17, 15) is 4.79 Å². The summed E-state index contributed by atoms with van der Waals surface area (Å²) in [6.07, 6.45) is 3.45. The number of nitrogens with zero attached hydrogens (tertiary/aromatic N) is 3. The summed E-state index contributed by atoms with van der Waals surface area (Å²) in [6.45, 7) is 0.374. The molecule has 2 aromatic carbocycles. The van der Waals surface area contributed by atoms with Gasteiger partial charge in [0.15, 0.2) is 0 Å². The number of amides is 1. The molecule has 0 saturated carbocycles. The van der Waals surface area contributed by atoms with Crippen molar-refractivity contribution in [1.82, 2.24) is 20.1 Å². The second-order valence-corrected chi connectivity index (χ2v) is 8.51. The molecule has 1 atom stereocenters. The van der Waals surface area contributed by atoms with Gasteiger partial charge in [-0.2, -0.15) is 5.10 Å². The second kappa shape index (κ2) is 8.00. The van der Waals surface area contributed by atoms with Crippen molar-refractivity contribution in [2.75, 3.05) is 0 Å². The lowest BCUT2D eigenvalue weighted by atomic mass is 9.96. The minimum Gasteiger partial charge on any atom is -0.322 e. The van der Waals surface area contributed by atoms with E-state index < -0.39 is 6.04 Å². The Balaban J connectivity index is 1.68. The summed E-state index contributed by atoms with van der Waals surface area (Å²) in [5, 5.41) is 9.03. The van der Waals surface area contributed by atoms with Crippen molar-refractivity contribution in [3.8, 4) is 11.3 Å². The van der Waals surface area contributed by atoms with Gasteiger partial charge in [0.05, 0.1) is 11.7 Å². The summed E-state index contributed by atoms with van der Waals surface area (Å²) in [5.74, 6) is -0.150. The zero-order valence-corrected chi connectivity index (χ0v) is 18.3. The van der Waals surface area contributed by atoms with Gasteiger partial charge < -0.3 is 4.90 Å². The first-order valence-corrected chi connectivity index (χ1v) is 10.7. The van der Waals surface area contributed by atoms with Gasteiger partial charge in [-0.05, 0) is 41.5 Å². The molecule has 5 nitrogen and oxygen atoms in total. The maximum Gasteiger partial charge on any atom is 0.273 e. The number of benzene rings is 2. The van der Waals surface area contributed by atoms with Crippen molar-refractivity contribution in [2.24, 2.45) is 0 Å². The predicted octanol–water partition coefficient (Wildman–Crippen LogP) is 6.18. The van der Waals surface area contributed by atoms with Crippen LogP contribution in [0.3, 0.4) is 0 Å². The van der Waals surface area contributed by atoms with Crippen LogP contribution in [0.25, 0.3) is 11.3 Å². The van der Waals surface area contributed by atoms with E-state index in [0.29, 0.717) is 33.0 Å². The number of nitrogens with one attached hydrogen (secondary N) is 1. The normalized spacial score (nSPS) is 15.4. The number of hydrogen-bond donors (Lipinski definition) is 1. The molecule has 0 saturated heterocycles. The van der Waals surface area contributed by atoms with E-state index in [1.807, 2.05) is 30.3 Å². The first-order valence-electron chi connectivity index (χ1n) is 9.52. The SMILES string of the molecule is O=C1c2[nH]nc(-c3ccc(Cl)cc3)c2C(c2ccc(Cl)cc2Cl)N1Cc1cccnc1. The van der Waals surface area contributed by atoms with Crippen LogP contribution in [0.5, 0.6) is 0 Å². The molecular formula is C23H15Cl3N4O. The highest BCUT2D eigenvalue weighted by atomic mass is 35.5. The lowest BCUT2D eigenvalue weighted by Gasteiger charge is -2.27. The Bertz CT molecular complexity index is 1270. The molecule has 0 aliphatic carbocycles. The average molecular weight is 470 g/mol. The first-order chi connectivity index (χ1) is 15.0. The average Bonchev–Trinajstić information content (AvgIpc) is 3.30. The highest BCUT2D eigenvalue weighted by molar-refractivity contribution is 6.35. The molecule has 8 heteroatoms. The Morgan fingerprint density at radius 3 is 2.48 bits per heavy atom. The quantitative estimate of drug-likeness (QED) is 0.388. The molecule has 1 N–H and O–H groups in total. The van der Waals surface area contributed by atoms with Crippen molar-refractivity contribution >= 4 is 40.7 Å². The van der Waals surface area contributed by atoms with Crippen LogP contribution >= 0.6 is 34.8 Å². The molecule has 31 heavy (non-hydrogen) atoms. The number of aromatic nitrogens is 3. The Morgan fingerprint density at radius 1 is 1.00 bits per heavy atom. The van der Waals surface area contributed by atoms with E-state index in [2.05, 4.69) is 15.2 Å². The van der Waals surface area contributed by atoms with E-state index in [-0.39, 0.29) is 5.91 Å². The van der Waals surface area contributed by atoms with Crippen molar-refractivity contribution in [2.45, 2.75) is 12.6 Å². The van der Waals surface area contributed by atoms with Crippen LogP contribution < -0.4 is 0 Å². The standard InChI is InChI=1S/C23H15Cl3N4O/c24-15-5-3-14(4-6-15)20-19-21(29-28-20)23(31)30(12-13-2-1-9-27-11-13)22(19)17-8-7-16(25)10-18(17)26/h1-11,22H,12H2,(H,28,29). The fourth-order valence-electron chi connectivity index (χ4n) is 3.92. The predicted molar refractivity (Wildman–Crippen MR) is 121 cm³/mol. The summed E-state index contributed by atoms with van der Waals surface area (Å²) in [6, 6.07) is 16.0. The monoisotopic (exact) mass is 468 g/mol. The number of aromatic amines is 1. The van der Waals surface area contributed by atoms with Crippen LogP contribution in [0.15, 0.2) is 67.0 Å². The number of carbonyl (C=O) groups is 1. The van der Waals surface area contributed by atoms with Crippen LogP contribution in [0, 0.1) is 0 Å². The fourth-order valence-corrected chi connectivity index (χ4v) is 4.56. The minimum absolute atomic E-state index is 0.150. The van der Waals surface area contributed by atoms with Gasteiger partial charge in [-0.1, -0.05) is 59.1 Å². The molecule has 4 aromatic rings. The van der Waals surface area contributed by atoms with E-state index in [4.69, 9.17) is 34.8 Å². The van der Waals surface area contributed by atoms with Crippen LogP contribution in [0.2, 0.25) is 15.1 Å². The van der Waals surface area contributed by atoms with Gasteiger partial charge in [-0.15, -0.1) is 0 Å². The number of hydrogen-bond acceptors (Lipinski definition) is 3. The summed E-state index contributed by atoms with van der Waals surface area (Å²) in [7, 11) is 0. The number of halogens is 3. The van der Waals surface area contributed by atoms with Gasteiger partial charge in [0.25, 0.3) is 5.91 Å². The molecule has 1 aliphatic rings. The minimum atomic E-state index is -0.433. The summed E-state index contributed by atoms with van der Waals surface area (Å²) < 4.78 is 0.